The Morgan fingerprint density at radius 3 is 2.44 bits per heavy atom. The molecule has 2 aromatic rings. The molecule has 0 bridgehead atoms. The number of amides is 2. The summed E-state index contributed by atoms with van der Waals surface area (Å²) in [6, 6.07) is 9.94. The number of nitrogens with one attached hydrogen (secondary N) is 2. The number of rotatable bonds is 6. The van der Waals surface area contributed by atoms with Crippen LogP contribution in [0.2, 0.25) is 0 Å². The number of nitrogens with zero attached hydrogens (tertiary/aromatic N) is 1. The summed E-state index contributed by atoms with van der Waals surface area (Å²) in [6.45, 7) is 2.14. The third-order valence-electron chi connectivity index (χ3n) is 5.38. The first-order valence-corrected chi connectivity index (χ1v) is 10.3. The Hall–Kier alpha value is -3.07. The van der Waals surface area contributed by atoms with Gasteiger partial charge in [-0.25, -0.2) is 0 Å². The highest BCUT2D eigenvalue weighted by Crippen LogP contribution is 2.34. The molecule has 0 aromatic heterocycles. The number of carbonyl (C=O) groups is 2. The average Bonchev–Trinajstić information content (AvgIpc) is 2.73. The largest absolute Gasteiger partial charge is 0.495 e. The van der Waals surface area contributed by atoms with Crippen LogP contribution < -0.4 is 15.4 Å². The summed E-state index contributed by atoms with van der Waals surface area (Å²) < 4.78 is 43.9. The molecule has 1 heterocycles. The lowest BCUT2D eigenvalue weighted by molar-refractivity contribution is -0.137. The Morgan fingerprint density at radius 2 is 1.81 bits per heavy atom. The molecule has 32 heavy (non-hydrogen) atoms. The predicted octanol–water partition coefficient (Wildman–Crippen LogP) is 4.84. The first-order chi connectivity index (χ1) is 15.2. The van der Waals surface area contributed by atoms with E-state index in [1.54, 1.807) is 18.2 Å². The lowest BCUT2D eigenvalue weighted by Gasteiger charge is -2.35. The van der Waals surface area contributed by atoms with Gasteiger partial charge < -0.3 is 15.4 Å². The second-order valence-electron chi connectivity index (χ2n) is 7.75. The fourth-order valence-electron chi connectivity index (χ4n) is 3.91. The molecule has 1 aliphatic rings. The molecule has 1 saturated heterocycles. The van der Waals surface area contributed by atoms with Gasteiger partial charge >= 0.3 is 6.18 Å². The number of hydrogen-bond donors (Lipinski definition) is 2. The van der Waals surface area contributed by atoms with Gasteiger partial charge in [0.05, 0.1) is 24.9 Å². The fourth-order valence-corrected chi connectivity index (χ4v) is 3.91. The standard InChI is InChI=1S/C23H26F3N3O3/c1-15(30)27-18-10-11-21(32-2)19(13-18)28-22(31)14-29-12-4-3-5-20(29)16-6-8-17(9-7-16)23(24,25)26/h6-11,13,20H,3-5,12,14H2,1-2H3,(H,27,30)(H,28,31). The van der Waals surface area contributed by atoms with E-state index in [4.69, 9.17) is 4.74 Å². The summed E-state index contributed by atoms with van der Waals surface area (Å²) >= 11 is 0. The number of hydrogen-bond acceptors (Lipinski definition) is 4. The zero-order valence-corrected chi connectivity index (χ0v) is 18.0. The van der Waals surface area contributed by atoms with Crippen molar-refractivity contribution in [1.29, 1.82) is 0 Å². The maximum absolute atomic E-state index is 12.9. The van der Waals surface area contributed by atoms with Crippen molar-refractivity contribution in [2.75, 3.05) is 30.8 Å². The Labute approximate surface area is 184 Å². The van der Waals surface area contributed by atoms with Gasteiger partial charge in [0.2, 0.25) is 11.8 Å². The van der Waals surface area contributed by atoms with Crippen molar-refractivity contribution in [3.63, 3.8) is 0 Å². The zero-order valence-electron chi connectivity index (χ0n) is 18.0. The first kappa shape index (κ1) is 23.6. The number of methoxy groups -OCH3 is 1. The Morgan fingerprint density at radius 1 is 1.09 bits per heavy atom. The van der Waals surface area contributed by atoms with Crippen molar-refractivity contribution < 1.29 is 27.5 Å². The Kier molecular flexibility index (Phi) is 7.40. The molecule has 2 aromatic carbocycles. The molecule has 3 rings (SSSR count). The number of anilines is 2. The van der Waals surface area contributed by atoms with Crippen LogP contribution in [0.25, 0.3) is 0 Å². The molecule has 9 heteroatoms. The van der Waals surface area contributed by atoms with E-state index in [1.807, 2.05) is 4.90 Å². The summed E-state index contributed by atoms with van der Waals surface area (Å²) in [5, 5.41) is 5.48. The Bertz CT molecular complexity index is 961. The predicted molar refractivity (Wildman–Crippen MR) is 116 cm³/mol. The van der Waals surface area contributed by atoms with Gasteiger partial charge in [0, 0.05) is 18.7 Å². The van der Waals surface area contributed by atoms with Crippen LogP contribution in [0.3, 0.4) is 0 Å². The molecular weight excluding hydrogens is 423 g/mol. The molecule has 2 amide bonds. The Balaban J connectivity index is 1.72. The van der Waals surface area contributed by atoms with Gasteiger partial charge in [-0.15, -0.1) is 0 Å². The van der Waals surface area contributed by atoms with Gasteiger partial charge in [-0.2, -0.15) is 13.2 Å². The molecule has 2 N–H and O–H groups in total. The van der Waals surface area contributed by atoms with E-state index in [0.29, 0.717) is 23.7 Å². The minimum Gasteiger partial charge on any atom is -0.495 e. The molecule has 6 nitrogen and oxygen atoms in total. The van der Waals surface area contributed by atoms with Crippen LogP contribution in [0.4, 0.5) is 24.5 Å². The SMILES string of the molecule is COc1ccc(NC(C)=O)cc1NC(=O)CN1CCCCC1c1ccc(C(F)(F)F)cc1. The number of halogens is 3. The third-order valence-corrected chi connectivity index (χ3v) is 5.38. The van der Waals surface area contributed by atoms with E-state index >= 15 is 0 Å². The molecule has 1 unspecified atom stereocenters. The quantitative estimate of drug-likeness (QED) is 0.662. The summed E-state index contributed by atoms with van der Waals surface area (Å²) in [5.41, 5.74) is 1.02. The summed E-state index contributed by atoms with van der Waals surface area (Å²) in [6.07, 6.45) is -1.77. The molecule has 0 radical (unpaired) electrons. The number of likely N-dealkylation sites (tertiary alicyclic amines) is 1. The van der Waals surface area contributed by atoms with Gasteiger partial charge in [0.25, 0.3) is 0 Å². The highest BCUT2D eigenvalue weighted by Gasteiger charge is 2.31. The maximum atomic E-state index is 12.9. The highest BCUT2D eigenvalue weighted by atomic mass is 19.4. The van der Waals surface area contributed by atoms with Crippen molar-refractivity contribution in [2.24, 2.45) is 0 Å². The molecule has 172 valence electrons. The van der Waals surface area contributed by atoms with E-state index in [9.17, 15) is 22.8 Å². The highest BCUT2D eigenvalue weighted by molar-refractivity contribution is 5.95. The topological polar surface area (TPSA) is 70.7 Å². The normalized spacial score (nSPS) is 17.0. The number of ether oxygens (including phenoxy) is 1. The van der Waals surface area contributed by atoms with Gasteiger partial charge in [-0.1, -0.05) is 18.6 Å². The van der Waals surface area contributed by atoms with Crippen molar-refractivity contribution in [2.45, 2.75) is 38.4 Å². The van der Waals surface area contributed by atoms with Gasteiger partial charge in [-0.05, 0) is 55.3 Å². The van der Waals surface area contributed by atoms with Gasteiger partial charge in [0.15, 0.2) is 0 Å². The van der Waals surface area contributed by atoms with E-state index in [2.05, 4.69) is 10.6 Å². The van der Waals surface area contributed by atoms with Crippen LogP contribution in [0.15, 0.2) is 42.5 Å². The van der Waals surface area contributed by atoms with E-state index < -0.39 is 11.7 Å². The number of benzene rings is 2. The lowest BCUT2D eigenvalue weighted by Crippen LogP contribution is -2.39. The molecule has 1 atom stereocenters. The second-order valence-corrected chi connectivity index (χ2v) is 7.75. The van der Waals surface area contributed by atoms with E-state index in [-0.39, 0.29) is 24.4 Å². The number of alkyl halides is 3. The van der Waals surface area contributed by atoms with Crippen LogP contribution in [-0.2, 0) is 15.8 Å². The first-order valence-electron chi connectivity index (χ1n) is 10.3. The van der Waals surface area contributed by atoms with Gasteiger partial charge in [-0.3, -0.25) is 14.5 Å². The summed E-state index contributed by atoms with van der Waals surface area (Å²) in [5.74, 6) is -0.0624. The minimum atomic E-state index is -4.38. The third kappa shape index (κ3) is 6.00. The molecule has 0 aliphatic carbocycles. The van der Waals surface area contributed by atoms with Crippen LogP contribution in [0, 0.1) is 0 Å². The van der Waals surface area contributed by atoms with Gasteiger partial charge in [0.1, 0.15) is 5.75 Å². The van der Waals surface area contributed by atoms with Crippen LogP contribution in [0.1, 0.15) is 43.4 Å². The summed E-state index contributed by atoms with van der Waals surface area (Å²) in [7, 11) is 1.48. The molecule has 1 aliphatic heterocycles. The number of carbonyl (C=O) groups excluding carboxylic acids is 2. The number of piperidine rings is 1. The van der Waals surface area contributed by atoms with Crippen LogP contribution >= 0.6 is 0 Å². The van der Waals surface area contributed by atoms with Crippen LogP contribution in [0.5, 0.6) is 5.75 Å². The molecular formula is C23H26F3N3O3. The van der Waals surface area contributed by atoms with E-state index in [0.717, 1.165) is 37.0 Å². The lowest BCUT2D eigenvalue weighted by atomic mass is 9.94. The maximum Gasteiger partial charge on any atom is 0.416 e. The summed E-state index contributed by atoms with van der Waals surface area (Å²) in [4.78, 5) is 26.1. The van der Waals surface area contributed by atoms with Crippen molar-refractivity contribution >= 4 is 23.2 Å². The zero-order chi connectivity index (χ0) is 23.3. The fraction of sp³-hybridized carbons (Fsp3) is 0.391. The molecule has 0 saturated carbocycles. The average molecular weight is 449 g/mol. The monoisotopic (exact) mass is 449 g/mol. The second kappa shape index (κ2) is 10.0. The minimum absolute atomic E-state index is 0.0825. The van der Waals surface area contributed by atoms with Crippen molar-refractivity contribution in [3.05, 3.63) is 53.6 Å². The van der Waals surface area contributed by atoms with Crippen molar-refractivity contribution in [1.82, 2.24) is 4.90 Å². The van der Waals surface area contributed by atoms with E-state index in [1.165, 1.54) is 26.2 Å². The molecule has 0 spiro atoms. The van der Waals surface area contributed by atoms with Crippen molar-refractivity contribution in [3.8, 4) is 5.75 Å². The smallest absolute Gasteiger partial charge is 0.416 e. The molecule has 1 fully saturated rings. The van der Waals surface area contributed by atoms with Crippen LogP contribution in [-0.4, -0.2) is 36.9 Å².